The molecule has 2 atom stereocenters. The zero-order valence-corrected chi connectivity index (χ0v) is 8.38. The van der Waals surface area contributed by atoms with Crippen LogP contribution in [0.2, 0.25) is 0 Å². The number of nitrogens with two attached hydrogens (primary N) is 1. The van der Waals surface area contributed by atoms with Gasteiger partial charge in [0.1, 0.15) is 0 Å². The minimum Gasteiger partial charge on any atom is -0.370 e. The molecular weight excluding hydrogens is 182 g/mol. The number of primary amides is 1. The third-order valence-electron chi connectivity index (χ3n) is 2.31. The summed E-state index contributed by atoms with van der Waals surface area (Å²) >= 11 is 0. The number of amides is 2. The van der Waals surface area contributed by atoms with Crippen LogP contribution in [0.3, 0.4) is 0 Å². The van der Waals surface area contributed by atoms with Crippen molar-refractivity contribution in [2.75, 3.05) is 6.54 Å². The molecule has 0 bridgehead atoms. The van der Waals surface area contributed by atoms with Crippen LogP contribution in [-0.2, 0) is 9.59 Å². The number of hydrogen-bond donors (Lipinski definition) is 3. The van der Waals surface area contributed by atoms with Crippen LogP contribution >= 0.6 is 0 Å². The van der Waals surface area contributed by atoms with E-state index < -0.39 is 0 Å². The van der Waals surface area contributed by atoms with Gasteiger partial charge in [-0.2, -0.15) is 0 Å². The first-order chi connectivity index (χ1) is 6.58. The fourth-order valence-corrected chi connectivity index (χ4v) is 1.55. The van der Waals surface area contributed by atoms with Crippen LogP contribution in [0.5, 0.6) is 0 Å². The maximum atomic E-state index is 10.9. The number of carbonyl (C=O) groups is 2. The molecule has 1 aliphatic rings. The molecule has 0 spiro atoms. The van der Waals surface area contributed by atoms with Crippen LogP contribution in [0.15, 0.2) is 0 Å². The minimum absolute atomic E-state index is 0.0741. The molecule has 0 aromatic rings. The highest BCUT2D eigenvalue weighted by Gasteiger charge is 2.20. The van der Waals surface area contributed by atoms with Gasteiger partial charge in [0.05, 0.1) is 0 Å². The second kappa shape index (κ2) is 4.95. The molecule has 0 aromatic carbocycles. The molecule has 0 aliphatic carbocycles. The fraction of sp³-hybridized carbons (Fsp3) is 0.778. The summed E-state index contributed by atoms with van der Waals surface area (Å²) in [7, 11) is 0. The molecule has 0 aromatic heterocycles. The van der Waals surface area contributed by atoms with Crippen molar-refractivity contribution in [3.63, 3.8) is 0 Å². The summed E-state index contributed by atoms with van der Waals surface area (Å²) in [4.78, 5) is 21.4. The predicted molar refractivity (Wildman–Crippen MR) is 52.4 cm³/mol. The van der Waals surface area contributed by atoms with Gasteiger partial charge in [0, 0.05) is 31.5 Å². The minimum atomic E-state index is -0.305. The average molecular weight is 199 g/mol. The van der Waals surface area contributed by atoms with Crippen LogP contribution in [-0.4, -0.2) is 30.4 Å². The Morgan fingerprint density at radius 3 is 3.00 bits per heavy atom. The molecule has 5 heteroatoms. The van der Waals surface area contributed by atoms with Crippen LogP contribution in [0.1, 0.15) is 26.2 Å². The Morgan fingerprint density at radius 1 is 1.79 bits per heavy atom. The lowest BCUT2D eigenvalue weighted by Gasteiger charge is -2.15. The highest BCUT2D eigenvalue weighted by molar-refractivity contribution is 5.78. The molecule has 2 amide bonds. The largest absolute Gasteiger partial charge is 0.370 e. The highest BCUT2D eigenvalue weighted by Crippen LogP contribution is 2.05. The van der Waals surface area contributed by atoms with E-state index >= 15 is 0 Å². The second-order valence-electron chi connectivity index (χ2n) is 3.78. The number of nitrogens with one attached hydrogen (secondary N) is 2. The molecule has 1 rings (SSSR count). The summed E-state index contributed by atoms with van der Waals surface area (Å²) in [5.74, 6) is -0.195. The van der Waals surface area contributed by atoms with E-state index in [1.54, 1.807) is 0 Å². The van der Waals surface area contributed by atoms with Crippen molar-refractivity contribution in [3.05, 3.63) is 0 Å². The van der Waals surface area contributed by atoms with E-state index in [1.807, 2.05) is 6.92 Å². The lowest BCUT2D eigenvalue weighted by atomic mass is 10.2. The number of rotatable bonds is 5. The summed E-state index contributed by atoms with van der Waals surface area (Å²) in [6.45, 7) is 2.61. The Balaban J connectivity index is 2.14. The van der Waals surface area contributed by atoms with E-state index in [4.69, 9.17) is 5.73 Å². The van der Waals surface area contributed by atoms with E-state index in [2.05, 4.69) is 10.6 Å². The Labute approximate surface area is 83.4 Å². The number of hydrogen-bond acceptors (Lipinski definition) is 3. The van der Waals surface area contributed by atoms with E-state index in [1.165, 1.54) is 0 Å². The summed E-state index contributed by atoms with van der Waals surface area (Å²) in [5, 5.41) is 6.01. The van der Waals surface area contributed by atoms with Crippen LogP contribution in [0.25, 0.3) is 0 Å². The average Bonchev–Trinajstić information content (AvgIpc) is 2.47. The van der Waals surface area contributed by atoms with E-state index in [0.717, 1.165) is 6.42 Å². The SMILES string of the molecule is CC(CC(N)=O)NCC1CCC(=O)N1. The lowest BCUT2D eigenvalue weighted by Crippen LogP contribution is -2.40. The van der Waals surface area contributed by atoms with Gasteiger partial charge in [-0.1, -0.05) is 0 Å². The number of carbonyl (C=O) groups excluding carboxylic acids is 2. The van der Waals surface area contributed by atoms with Crippen molar-refractivity contribution in [2.45, 2.75) is 38.3 Å². The van der Waals surface area contributed by atoms with Gasteiger partial charge in [0.25, 0.3) is 0 Å². The third-order valence-corrected chi connectivity index (χ3v) is 2.31. The molecule has 1 heterocycles. The predicted octanol–water partition coefficient (Wildman–Crippen LogP) is -0.881. The maximum Gasteiger partial charge on any atom is 0.220 e. The van der Waals surface area contributed by atoms with Crippen molar-refractivity contribution in [1.29, 1.82) is 0 Å². The normalized spacial score (nSPS) is 23.2. The highest BCUT2D eigenvalue weighted by atomic mass is 16.2. The van der Waals surface area contributed by atoms with Crippen molar-refractivity contribution >= 4 is 11.8 Å². The van der Waals surface area contributed by atoms with Gasteiger partial charge in [-0.05, 0) is 13.3 Å². The van der Waals surface area contributed by atoms with Gasteiger partial charge >= 0.3 is 0 Å². The van der Waals surface area contributed by atoms with Gasteiger partial charge in [-0.15, -0.1) is 0 Å². The molecule has 1 saturated heterocycles. The monoisotopic (exact) mass is 199 g/mol. The van der Waals surface area contributed by atoms with Gasteiger partial charge < -0.3 is 16.4 Å². The van der Waals surface area contributed by atoms with Crippen LogP contribution in [0.4, 0.5) is 0 Å². The van der Waals surface area contributed by atoms with Crippen molar-refractivity contribution in [3.8, 4) is 0 Å². The first kappa shape index (κ1) is 11.0. The van der Waals surface area contributed by atoms with Gasteiger partial charge in [-0.25, -0.2) is 0 Å². The fourth-order valence-electron chi connectivity index (χ4n) is 1.55. The molecule has 4 N–H and O–H groups in total. The summed E-state index contributed by atoms with van der Waals surface area (Å²) in [6, 6.07) is 0.280. The van der Waals surface area contributed by atoms with Crippen molar-refractivity contribution in [2.24, 2.45) is 5.73 Å². The van der Waals surface area contributed by atoms with E-state index in [0.29, 0.717) is 19.4 Å². The standard InChI is InChI=1S/C9H17N3O2/c1-6(4-8(10)13)11-5-7-2-3-9(14)12-7/h6-7,11H,2-5H2,1H3,(H2,10,13)(H,12,14). The van der Waals surface area contributed by atoms with Crippen LogP contribution < -0.4 is 16.4 Å². The summed E-state index contributed by atoms with van der Waals surface area (Å²) in [6.07, 6.45) is 1.81. The molecule has 2 unspecified atom stereocenters. The third kappa shape index (κ3) is 3.74. The molecule has 5 nitrogen and oxygen atoms in total. The Bertz CT molecular complexity index is 230. The topological polar surface area (TPSA) is 84.2 Å². The summed E-state index contributed by atoms with van der Waals surface area (Å²) < 4.78 is 0. The van der Waals surface area contributed by atoms with Crippen molar-refractivity contribution < 1.29 is 9.59 Å². The van der Waals surface area contributed by atoms with Crippen molar-refractivity contribution in [1.82, 2.24) is 10.6 Å². The second-order valence-corrected chi connectivity index (χ2v) is 3.78. The summed E-state index contributed by atoms with van der Waals surface area (Å²) in [5.41, 5.74) is 5.05. The molecule has 1 aliphatic heterocycles. The molecule has 1 fully saturated rings. The van der Waals surface area contributed by atoms with Crippen LogP contribution in [0, 0.1) is 0 Å². The molecule has 80 valence electrons. The zero-order valence-electron chi connectivity index (χ0n) is 8.38. The lowest BCUT2D eigenvalue weighted by molar-refractivity contribution is -0.120. The Hall–Kier alpha value is -1.10. The Kier molecular flexibility index (Phi) is 3.88. The zero-order chi connectivity index (χ0) is 10.6. The molecule has 14 heavy (non-hydrogen) atoms. The van der Waals surface area contributed by atoms with E-state index in [-0.39, 0.29) is 23.9 Å². The Morgan fingerprint density at radius 2 is 2.50 bits per heavy atom. The van der Waals surface area contributed by atoms with Gasteiger partial charge in [-0.3, -0.25) is 9.59 Å². The first-order valence-corrected chi connectivity index (χ1v) is 4.89. The quantitative estimate of drug-likeness (QED) is 0.537. The first-order valence-electron chi connectivity index (χ1n) is 4.89. The maximum absolute atomic E-state index is 10.9. The van der Waals surface area contributed by atoms with Gasteiger partial charge in [0.2, 0.25) is 11.8 Å². The molecule has 0 saturated carbocycles. The van der Waals surface area contributed by atoms with E-state index in [9.17, 15) is 9.59 Å². The van der Waals surface area contributed by atoms with Gasteiger partial charge in [0.15, 0.2) is 0 Å². The smallest absolute Gasteiger partial charge is 0.220 e. The molecular formula is C9H17N3O2. The molecule has 0 radical (unpaired) electrons.